The quantitative estimate of drug-likeness (QED) is 0.460. The topological polar surface area (TPSA) is 104 Å². The van der Waals surface area contributed by atoms with Gasteiger partial charge in [-0.15, -0.1) is 0 Å². The lowest BCUT2D eigenvalue weighted by Crippen LogP contribution is -2.52. The van der Waals surface area contributed by atoms with Gasteiger partial charge >= 0.3 is 0 Å². The number of nitrogens with zero attached hydrogens (tertiary/aromatic N) is 2. The molecule has 2 aromatic carbocycles. The highest BCUT2D eigenvalue weighted by Crippen LogP contribution is 2.30. The molecule has 0 unspecified atom stereocenters. The zero-order valence-corrected chi connectivity index (χ0v) is 23.5. The second kappa shape index (κ2) is 12.1. The lowest BCUT2D eigenvalue weighted by Gasteiger charge is -2.33. The van der Waals surface area contributed by atoms with Crippen LogP contribution in [-0.4, -0.2) is 54.0 Å². The summed E-state index contributed by atoms with van der Waals surface area (Å²) in [5.41, 5.74) is 0.764. The minimum atomic E-state index is -4.05. The summed E-state index contributed by atoms with van der Waals surface area (Å²) in [5.74, 6) is -1.35. The van der Waals surface area contributed by atoms with Gasteiger partial charge in [-0.2, -0.15) is 0 Å². The molecule has 1 atom stereocenters. The van der Waals surface area contributed by atoms with E-state index in [4.69, 9.17) is 23.2 Å². The first kappa shape index (κ1) is 28.4. The summed E-state index contributed by atoms with van der Waals surface area (Å²) in [6.07, 6.45) is 5.14. The second-order valence-electron chi connectivity index (χ2n) is 9.67. The number of amides is 3. The molecule has 11 heteroatoms. The van der Waals surface area contributed by atoms with Gasteiger partial charge in [-0.05, 0) is 49.1 Å². The lowest BCUT2D eigenvalue weighted by atomic mass is 9.95. The van der Waals surface area contributed by atoms with E-state index in [1.807, 2.05) is 6.92 Å². The monoisotopic (exact) mass is 579 g/mol. The first-order valence-electron chi connectivity index (χ1n) is 12.8. The van der Waals surface area contributed by atoms with Gasteiger partial charge in [0.05, 0.1) is 15.6 Å². The zero-order chi connectivity index (χ0) is 27.4. The van der Waals surface area contributed by atoms with Crippen LogP contribution in [0.2, 0.25) is 10.0 Å². The summed E-state index contributed by atoms with van der Waals surface area (Å²) in [7, 11) is -4.05. The zero-order valence-electron chi connectivity index (χ0n) is 21.2. The molecule has 0 saturated heterocycles. The third kappa shape index (κ3) is 6.00. The summed E-state index contributed by atoms with van der Waals surface area (Å²) >= 11 is 12.3. The van der Waals surface area contributed by atoms with E-state index in [0.717, 1.165) is 36.4 Å². The number of halogens is 2. The van der Waals surface area contributed by atoms with E-state index in [9.17, 15) is 22.8 Å². The molecule has 2 aliphatic rings. The van der Waals surface area contributed by atoms with Gasteiger partial charge in [-0.25, -0.2) is 12.7 Å². The maximum Gasteiger partial charge on any atom is 0.269 e. The van der Waals surface area contributed by atoms with Crippen molar-refractivity contribution in [1.29, 1.82) is 0 Å². The summed E-state index contributed by atoms with van der Waals surface area (Å²) in [6, 6.07) is 10.3. The number of benzene rings is 2. The standard InChI is InChI=1S/C27H31Cl2N3O5S/c1-2-23(26(34)30-19-8-4-3-5-9-19)31(17-18-12-13-21(28)22(29)16-18)25(33)14-15-32-27(35)20-10-6-7-11-24(20)38(32,36)37/h6-7,10-13,16,19,23H,2-5,8-9,14-15,17H2,1H3,(H,30,34)/t23-/m0/s1. The number of sulfonamides is 1. The molecule has 1 heterocycles. The summed E-state index contributed by atoms with van der Waals surface area (Å²) in [5, 5.41) is 3.79. The number of hydrogen-bond donors (Lipinski definition) is 1. The van der Waals surface area contributed by atoms with Gasteiger partial charge in [0.15, 0.2) is 0 Å². The Bertz CT molecular complexity index is 1330. The summed E-state index contributed by atoms with van der Waals surface area (Å²) < 4.78 is 26.6. The lowest BCUT2D eigenvalue weighted by molar-refractivity contribution is -0.141. The van der Waals surface area contributed by atoms with E-state index >= 15 is 0 Å². The average molecular weight is 581 g/mol. The van der Waals surface area contributed by atoms with Gasteiger partial charge in [-0.3, -0.25) is 14.4 Å². The molecule has 1 aliphatic carbocycles. The molecule has 1 aliphatic heterocycles. The van der Waals surface area contributed by atoms with Crippen LogP contribution in [0.5, 0.6) is 0 Å². The van der Waals surface area contributed by atoms with Gasteiger partial charge in [0.25, 0.3) is 15.9 Å². The Morgan fingerprint density at radius 1 is 1.08 bits per heavy atom. The van der Waals surface area contributed by atoms with E-state index in [0.29, 0.717) is 22.0 Å². The van der Waals surface area contributed by atoms with Crippen molar-refractivity contribution in [2.24, 2.45) is 0 Å². The number of carbonyl (C=O) groups excluding carboxylic acids is 3. The van der Waals surface area contributed by atoms with Crippen LogP contribution in [0.3, 0.4) is 0 Å². The maximum absolute atomic E-state index is 13.6. The number of fused-ring (bicyclic) bond motifs is 1. The number of nitrogens with one attached hydrogen (secondary N) is 1. The van der Waals surface area contributed by atoms with Crippen LogP contribution in [0.1, 0.15) is 67.8 Å². The van der Waals surface area contributed by atoms with Crippen LogP contribution in [0, 0.1) is 0 Å². The smallest absolute Gasteiger partial charge is 0.269 e. The SMILES string of the molecule is CC[C@@H](C(=O)NC1CCCCC1)N(Cc1ccc(Cl)c(Cl)c1)C(=O)CCN1C(=O)c2ccccc2S1(=O)=O. The third-order valence-corrected chi connectivity index (χ3v) is 9.69. The molecule has 204 valence electrons. The molecule has 3 amide bonds. The number of rotatable bonds is 9. The molecule has 38 heavy (non-hydrogen) atoms. The summed E-state index contributed by atoms with van der Waals surface area (Å²) in [6.45, 7) is 1.58. The molecule has 0 bridgehead atoms. The van der Waals surface area contributed by atoms with Crippen molar-refractivity contribution in [2.45, 2.75) is 75.4 Å². The molecule has 8 nitrogen and oxygen atoms in total. The summed E-state index contributed by atoms with van der Waals surface area (Å²) in [4.78, 5) is 41.1. The van der Waals surface area contributed by atoms with E-state index < -0.39 is 27.9 Å². The fourth-order valence-electron chi connectivity index (χ4n) is 5.09. The Morgan fingerprint density at radius 2 is 1.79 bits per heavy atom. The van der Waals surface area contributed by atoms with Crippen LogP contribution >= 0.6 is 23.2 Å². The maximum atomic E-state index is 13.6. The van der Waals surface area contributed by atoms with Crippen molar-refractivity contribution in [3.8, 4) is 0 Å². The Morgan fingerprint density at radius 3 is 2.45 bits per heavy atom. The van der Waals surface area contributed by atoms with Crippen molar-refractivity contribution in [3.63, 3.8) is 0 Å². The van der Waals surface area contributed by atoms with Gasteiger partial charge in [0, 0.05) is 25.6 Å². The molecular formula is C27H31Cl2N3O5S. The van der Waals surface area contributed by atoms with E-state index in [-0.39, 0.29) is 41.9 Å². The molecule has 0 radical (unpaired) electrons. The van der Waals surface area contributed by atoms with Crippen LogP contribution in [-0.2, 0) is 26.2 Å². The number of hydrogen-bond acceptors (Lipinski definition) is 5. The highest BCUT2D eigenvalue weighted by atomic mass is 35.5. The van der Waals surface area contributed by atoms with Crippen LogP contribution in [0.15, 0.2) is 47.4 Å². The fourth-order valence-corrected chi connectivity index (χ4v) is 6.98. The molecule has 0 spiro atoms. The van der Waals surface area contributed by atoms with Crippen molar-refractivity contribution in [1.82, 2.24) is 14.5 Å². The van der Waals surface area contributed by atoms with Gasteiger partial charge in [0.2, 0.25) is 11.8 Å². The molecular weight excluding hydrogens is 549 g/mol. The molecule has 4 rings (SSSR count). The Balaban J connectivity index is 1.55. The van der Waals surface area contributed by atoms with E-state index in [1.54, 1.807) is 30.3 Å². The van der Waals surface area contributed by atoms with Crippen molar-refractivity contribution < 1.29 is 22.8 Å². The van der Waals surface area contributed by atoms with Gasteiger partial charge < -0.3 is 10.2 Å². The Labute approximate surface area is 233 Å². The van der Waals surface area contributed by atoms with Crippen LogP contribution in [0.4, 0.5) is 0 Å². The van der Waals surface area contributed by atoms with E-state index in [1.165, 1.54) is 17.0 Å². The normalized spacial score (nSPS) is 17.7. The predicted octanol–water partition coefficient (Wildman–Crippen LogP) is 4.78. The van der Waals surface area contributed by atoms with Gasteiger partial charge in [0.1, 0.15) is 10.9 Å². The fraction of sp³-hybridized carbons (Fsp3) is 0.444. The molecule has 1 N–H and O–H groups in total. The Hall–Kier alpha value is -2.62. The highest BCUT2D eigenvalue weighted by molar-refractivity contribution is 7.90. The molecule has 1 fully saturated rings. The molecule has 1 saturated carbocycles. The highest BCUT2D eigenvalue weighted by Gasteiger charge is 2.41. The van der Waals surface area contributed by atoms with Crippen molar-refractivity contribution in [2.75, 3.05) is 6.54 Å². The molecule has 0 aromatic heterocycles. The minimum Gasteiger partial charge on any atom is -0.352 e. The second-order valence-corrected chi connectivity index (χ2v) is 12.3. The predicted molar refractivity (Wildman–Crippen MR) is 145 cm³/mol. The third-order valence-electron chi connectivity index (χ3n) is 7.12. The van der Waals surface area contributed by atoms with Crippen LogP contribution in [0.25, 0.3) is 0 Å². The first-order valence-corrected chi connectivity index (χ1v) is 15.0. The van der Waals surface area contributed by atoms with Gasteiger partial charge in [-0.1, -0.05) is 67.6 Å². The minimum absolute atomic E-state index is 0.0663. The van der Waals surface area contributed by atoms with Crippen molar-refractivity contribution in [3.05, 3.63) is 63.6 Å². The first-order chi connectivity index (χ1) is 18.1. The Kier molecular flexibility index (Phi) is 9.00. The largest absolute Gasteiger partial charge is 0.352 e. The number of carbonyl (C=O) groups is 3. The van der Waals surface area contributed by atoms with E-state index in [2.05, 4.69) is 5.32 Å². The molecule has 2 aromatic rings. The van der Waals surface area contributed by atoms with Crippen LogP contribution < -0.4 is 5.32 Å². The average Bonchev–Trinajstić information content (AvgIpc) is 3.10. The van der Waals surface area contributed by atoms with Crippen molar-refractivity contribution >= 4 is 50.9 Å².